The summed E-state index contributed by atoms with van der Waals surface area (Å²) < 4.78 is 2.15. The van der Waals surface area contributed by atoms with Crippen LogP contribution in [0, 0.1) is 6.92 Å². The molecule has 78 valence electrons. The molecule has 0 aliphatic heterocycles. The maximum Gasteiger partial charge on any atom is 0.174 e. The molecule has 0 saturated carbocycles. The first-order valence-electron chi connectivity index (χ1n) is 4.41. The molecule has 0 N–H and O–H groups in total. The summed E-state index contributed by atoms with van der Waals surface area (Å²) in [7, 11) is 0. The number of aromatic nitrogens is 2. The van der Waals surface area contributed by atoms with Gasteiger partial charge in [-0.3, -0.25) is 0 Å². The number of benzene rings is 1. The fourth-order valence-corrected chi connectivity index (χ4v) is 3.31. The molecule has 15 heavy (non-hydrogen) atoms. The van der Waals surface area contributed by atoms with Crippen LogP contribution in [-0.2, 0) is 5.75 Å². The van der Waals surface area contributed by atoms with E-state index in [4.69, 9.17) is 0 Å². The van der Waals surface area contributed by atoms with Crippen LogP contribution in [0.1, 0.15) is 10.6 Å². The zero-order chi connectivity index (χ0) is 10.7. The predicted octanol–water partition coefficient (Wildman–Crippen LogP) is 3.90. The van der Waals surface area contributed by atoms with Crippen molar-refractivity contribution in [2.24, 2.45) is 0 Å². The van der Waals surface area contributed by atoms with E-state index in [1.54, 1.807) is 23.1 Å². The van der Waals surface area contributed by atoms with Crippen molar-refractivity contribution in [2.75, 3.05) is 0 Å². The van der Waals surface area contributed by atoms with E-state index < -0.39 is 0 Å². The van der Waals surface area contributed by atoms with Crippen molar-refractivity contribution in [3.63, 3.8) is 0 Å². The number of thioether (sulfide) groups is 1. The topological polar surface area (TPSA) is 25.8 Å². The maximum atomic E-state index is 4.07. The van der Waals surface area contributed by atoms with Gasteiger partial charge in [-0.2, -0.15) is 0 Å². The summed E-state index contributed by atoms with van der Waals surface area (Å²) in [6, 6.07) is 8.32. The highest BCUT2D eigenvalue weighted by Gasteiger charge is 2.01. The van der Waals surface area contributed by atoms with E-state index in [0.717, 1.165) is 19.6 Å². The number of aryl methyl sites for hydroxylation is 1. The molecule has 1 heterocycles. The minimum absolute atomic E-state index is 0.939. The van der Waals surface area contributed by atoms with Gasteiger partial charge >= 0.3 is 0 Å². The summed E-state index contributed by atoms with van der Waals surface area (Å²) in [5.41, 5.74) is 1.29. The average molecular weight is 301 g/mol. The summed E-state index contributed by atoms with van der Waals surface area (Å²) in [5.74, 6) is 0.939. The van der Waals surface area contributed by atoms with E-state index in [-0.39, 0.29) is 0 Å². The molecule has 2 rings (SSSR count). The normalized spacial score (nSPS) is 10.5. The minimum atomic E-state index is 0.939. The van der Waals surface area contributed by atoms with Gasteiger partial charge in [-0.25, -0.2) is 0 Å². The second kappa shape index (κ2) is 5.09. The molecule has 0 unspecified atom stereocenters. The van der Waals surface area contributed by atoms with Crippen LogP contribution < -0.4 is 0 Å². The van der Waals surface area contributed by atoms with Crippen molar-refractivity contribution in [3.8, 4) is 0 Å². The molecule has 1 aromatic heterocycles. The Bertz CT molecular complexity index is 456. The second-order valence-electron chi connectivity index (χ2n) is 3.01. The molecule has 0 spiro atoms. The van der Waals surface area contributed by atoms with Gasteiger partial charge in [0.1, 0.15) is 5.01 Å². The van der Waals surface area contributed by atoms with Crippen molar-refractivity contribution in [2.45, 2.75) is 17.0 Å². The van der Waals surface area contributed by atoms with Crippen molar-refractivity contribution < 1.29 is 0 Å². The van der Waals surface area contributed by atoms with E-state index in [9.17, 15) is 0 Å². The second-order valence-corrected chi connectivity index (χ2v) is 6.33. The summed E-state index contributed by atoms with van der Waals surface area (Å²) >= 11 is 6.83. The van der Waals surface area contributed by atoms with Crippen LogP contribution in [0.2, 0.25) is 0 Å². The lowest BCUT2D eigenvalue weighted by Crippen LogP contribution is -1.79. The monoisotopic (exact) mass is 300 g/mol. The minimum Gasteiger partial charge on any atom is -0.143 e. The van der Waals surface area contributed by atoms with E-state index in [0.29, 0.717) is 0 Å². The Morgan fingerprint density at radius 1 is 1.40 bits per heavy atom. The molecule has 0 bridgehead atoms. The standard InChI is InChI=1S/C10H9BrN2S2/c1-7-12-13-10(15-7)14-6-8-3-2-4-9(11)5-8/h2-5H,6H2,1H3. The third kappa shape index (κ3) is 3.29. The molecular weight excluding hydrogens is 292 g/mol. The lowest BCUT2D eigenvalue weighted by molar-refractivity contribution is 0.983. The van der Waals surface area contributed by atoms with E-state index in [1.165, 1.54) is 5.56 Å². The number of hydrogen-bond donors (Lipinski definition) is 0. The van der Waals surface area contributed by atoms with E-state index >= 15 is 0 Å². The van der Waals surface area contributed by atoms with Crippen LogP contribution in [0.5, 0.6) is 0 Å². The molecule has 5 heteroatoms. The molecule has 2 nitrogen and oxygen atoms in total. The highest BCUT2D eigenvalue weighted by atomic mass is 79.9. The van der Waals surface area contributed by atoms with Crippen LogP contribution in [0.25, 0.3) is 0 Å². The third-order valence-corrected chi connectivity index (χ3v) is 4.30. The Morgan fingerprint density at radius 2 is 2.27 bits per heavy atom. The molecular formula is C10H9BrN2S2. The van der Waals surface area contributed by atoms with Crippen LogP contribution in [0.3, 0.4) is 0 Å². The van der Waals surface area contributed by atoms with Crippen molar-refractivity contribution >= 4 is 39.0 Å². The Balaban J connectivity index is 1.99. The SMILES string of the molecule is Cc1nnc(SCc2cccc(Br)c2)s1. The van der Waals surface area contributed by atoms with Crippen LogP contribution in [-0.4, -0.2) is 10.2 Å². The Labute approximate surface area is 105 Å². The van der Waals surface area contributed by atoms with Gasteiger partial charge in [-0.1, -0.05) is 51.2 Å². The highest BCUT2D eigenvalue weighted by molar-refractivity contribution is 9.10. The van der Waals surface area contributed by atoms with Gasteiger partial charge in [0.2, 0.25) is 0 Å². The van der Waals surface area contributed by atoms with E-state index in [2.05, 4.69) is 38.3 Å². The largest absolute Gasteiger partial charge is 0.174 e. The summed E-state index contributed by atoms with van der Waals surface area (Å²) in [5, 5.41) is 9.08. The van der Waals surface area contributed by atoms with Gasteiger partial charge < -0.3 is 0 Å². The predicted molar refractivity (Wildman–Crippen MR) is 68.3 cm³/mol. The van der Waals surface area contributed by atoms with Crippen molar-refractivity contribution in [1.29, 1.82) is 0 Å². The molecule has 0 atom stereocenters. The van der Waals surface area contributed by atoms with Gasteiger partial charge in [-0.05, 0) is 24.6 Å². The van der Waals surface area contributed by atoms with Crippen LogP contribution in [0.15, 0.2) is 33.1 Å². The van der Waals surface area contributed by atoms with Gasteiger partial charge in [0, 0.05) is 10.2 Å². The van der Waals surface area contributed by atoms with Gasteiger partial charge in [-0.15, -0.1) is 10.2 Å². The lowest BCUT2D eigenvalue weighted by Gasteiger charge is -1.98. The summed E-state index contributed by atoms with van der Waals surface area (Å²) in [4.78, 5) is 0. The van der Waals surface area contributed by atoms with Crippen LogP contribution >= 0.6 is 39.0 Å². The Hall–Kier alpha value is -0.390. The summed E-state index contributed by atoms with van der Waals surface area (Å²) in [6.07, 6.45) is 0. The quantitative estimate of drug-likeness (QED) is 0.804. The first kappa shape index (κ1) is 11.1. The molecule has 1 aromatic carbocycles. The van der Waals surface area contributed by atoms with Gasteiger partial charge in [0.15, 0.2) is 4.34 Å². The first-order valence-corrected chi connectivity index (χ1v) is 7.01. The van der Waals surface area contributed by atoms with Gasteiger partial charge in [0.05, 0.1) is 0 Å². The zero-order valence-corrected chi connectivity index (χ0v) is 11.3. The van der Waals surface area contributed by atoms with Crippen LogP contribution in [0.4, 0.5) is 0 Å². The number of halogens is 1. The van der Waals surface area contributed by atoms with E-state index in [1.807, 2.05) is 19.1 Å². The molecule has 0 aliphatic carbocycles. The fourth-order valence-electron chi connectivity index (χ4n) is 1.11. The van der Waals surface area contributed by atoms with Gasteiger partial charge in [0.25, 0.3) is 0 Å². The smallest absolute Gasteiger partial charge is 0.143 e. The lowest BCUT2D eigenvalue weighted by atomic mass is 10.2. The number of nitrogens with zero attached hydrogens (tertiary/aromatic N) is 2. The Morgan fingerprint density at radius 3 is 2.93 bits per heavy atom. The molecule has 2 aromatic rings. The molecule has 0 amide bonds. The number of hydrogen-bond acceptors (Lipinski definition) is 4. The summed E-state index contributed by atoms with van der Waals surface area (Å²) in [6.45, 7) is 1.97. The maximum absolute atomic E-state index is 4.07. The Kier molecular flexibility index (Phi) is 3.77. The molecule has 0 radical (unpaired) electrons. The fraction of sp³-hybridized carbons (Fsp3) is 0.200. The number of rotatable bonds is 3. The first-order chi connectivity index (χ1) is 7.24. The third-order valence-electron chi connectivity index (χ3n) is 1.76. The molecule has 0 aliphatic rings. The van der Waals surface area contributed by atoms with Crippen molar-refractivity contribution in [3.05, 3.63) is 39.3 Å². The highest BCUT2D eigenvalue weighted by Crippen LogP contribution is 2.26. The van der Waals surface area contributed by atoms with Crippen molar-refractivity contribution in [1.82, 2.24) is 10.2 Å². The molecule has 0 fully saturated rings. The average Bonchev–Trinajstić information content (AvgIpc) is 2.62. The zero-order valence-electron chi connectivity index (χ0n) is 8.11. The molecule has 0 saturated heterocycles.